The molecule has 174 valence electrons. The van der Waals surface area contributed by atoms with Crippen molar-refractivity contribution in [1.82, 2.24) is 9.62 Å². The first-order valence-corrected chi connectivity index (χ1v) is 12.4. The molecule has 0 radical (unpaired) electrons. The zero-order chi connectivity index (χ0) is 23.2. The minimum absolute atomic E-state index is 0.175. The van der Waals surface area contributed by atoms with Gasteiger partial charge in [0.25, 0.3) is 0 Å². The van der Waals surface area contributed by atoms with Gasteiger partial charge in [0.1, 0.15) is 6.04 Å². The molecule has 0 aliphatic carbocycles. The Bertz CT molecular complexity index is 1220. The van der Waals surface area contributed by atoms with Crippen LogP contribution in [0.2, 0.25) is 0 Å². The fourth-order valence-electron chi connectivity index (χ4n) is 4.62. The third-order valence-corrected chi connectivity index (χ3v) is 8.18. The second-order valence-electron chi connectivity index (χ2n) is 8.42. The van der Waals surface area contributed by atoms with Gasteiger partial charge < -0.3 is 14.8 Å². The van der Waals surface area contributed by atoms with E-state index in [1.807, 2.05) is 12.1 Å². The van der Waals surface area contributed by atoms with Crippen LogP contribution in [-0.2, 0) is 32.6 Å². The van der Waals surface area contributed by atoms with Crippen LogP contribution in [0.5, 0.6) is 11.5 Å². The second-order valence-corrected chi connectivity index (χ2v) is 10.4. The zero-order valence-corrected chi connectivity index (χ0v) is 19.1. The Kier molecular flexibility index (Phi) is 5.49. The van der Waals surface area contributed by atoms with Crippen LogP contribution in [0.1, 0.15) is 30.9 Å². The average molecular weight is 472 g/mol. The number of benzene rings is 2. The van der Waals surface area contributed by atoms with Gasteiger partial charge >= 0.3 is 0 Å². The quantitative estimate of drug-likeness (QED) is 0.713. The van der Waals surface area contributed by atoms with Crippen molar-refractivity contribution in [2.24, 2.45) is 0 Å². The molecule has 2 amide bonds. The van der Waals surface area contributed by atoms with Crippen molar-refractivity contribution >= 4 is 27.5 Å². The summed E-state index contributed by atoms with van der Waals surface area (Å²) in [5, 5.41) is 2.89. The summed E-state index contributed by atoms with van der Waals surface area (Å²) in [6, 6.07) is 9.46. The van der Waals surface area contributed by atoms with Crippen molar-refractivity contribution in [2.75, 3.05) is 24.8 Å². The van der Waals surface area contributed by atoms with E-state index in [0.29, 0.717) is 35.8 Å². The second kappa shape index (κ2) is 8.35. The lowest BCUT2D eigenvalue weighted by molar-refractivity contribution is -0.125. The molecular weight excluding hydrogens is 446 g/mol. The number of rotatable bonds is 5. The van der Waals surface area contributed by atoms with Crippen LogP contribution in [0, 0.1) is 0 Å². The highest BCUT2D eigenvalue weighted by atomic mass is 32.2. The molecule has 0 bridgehead atoms. The van der Waals surface area contributed by atoms with E-state index in [0.717, 1.165) is 18.4 Å². The lowest BCUT2D eigenvalue weighted by Crippen LogP contribution is -2.47. The van der Waals surface area contributed by atoms with Crippen molar-refractivity contribution < 1.29 is 27.5 Å². The molecule has 0 aromatic heterocycles. The molecule has 9 nitrogen and oxygen atoms in total. The van der Waals surface area contributed by atoms with E-state index in [-0.39, 0.29) is 36.5 Å². The number of anilines is 1. The number of carbonyl (C=O) groups excluding carboxylic acids is 2. The molecule has 3 aliphatic rings. The molecule has 0 unspecified atom stereocenters. The minimum atomic E-state index is -3.58. The van der Waals surface area contributed by atoms with Crippen LogP contribution in [0.25, 0.3) is 0 Å². The molecule has 33 heavy (non-hydrogen) atoms. The van der Waals surface area contributed by atoms with Crippen molar-refractivity contribution in [3.05, 3.63) is 47.5 Å². The molecule has 1 saturated heterocycles. The molecule has 3 aliphatic heterocycles. The van der Waals surface area contributed by atoms with Crippen molar-refractivity contribution in [2.45, 2.75) is 43.7 Å². The van der Waals surface area contributed by atoms with Gasteiger partial charge in [-0.25, -0.2) is 8.42 Å². The molecule has 5 rings (SSSR count). The Hall–Kier alpha value is -3.11. The maximum atomic E-state index is 13.0. The van der Waals surface area contributed by atoms with E-state index >= 15 is 0 Å². The Balaban J connectivity index is 1.34. The van der Waals surface area contributed by atoms with Crippen molar-refractivity contribution in [3.63, 3.8) is 0 Å². The molecule has 1 N–H and O–H groups in total. The number of sulfonamides is 1. The summed E-state index contributed by atoms with van der Waals surface area (Å²) in [6.45, 7) is 2.88. The fraction of sp³-hybridized carbons (Fsp3) is 0.391. The van der Waals surface area contributed by atoms with Gasteiger partial charge in [-0.05, 0) is 54.3 Å². The lowest BCUT2D eigenvalue weighted by atomic mass is 10.1. The van der Waals surface area contributed by atoms with Gasteiger partial charge in [-0.3, -0.25) is 14.5 Å². The fourth-order valence-corrected chi connectivity index (χ4v) is 6.19. The predicted octanol–water partition coefficient (Wildman–Crippen LogP) is 1.79. The first kappa shape index (κ1) is 21.7. The normalized spacial score (nSPS) is 19.5. The molecule has 1 atom stereocenters. The number of amides is 2. The van der Waals surface area contributed by atoms with E-state index in [1.165, 1.54) is 22.2 Å². The summed E-state index contributed by atoms with van der Waals surface area (Å²) in [5.74, 6) is 0.723. The van der Waals surface area contributed by atoms with Gasteiger partial charge in [-0.15, -0.1) is 0 Å². The van der Waals surface area contributed by atoms with Crippen LogP contribution in [0.3, 0.4) is 0 Å². The Morgan fingerprint density at radius 1 is 1.06 bits per heavy atom. The van der Waals surface area contributed by atoms with E-state index in [1.54, 1.807) is 18.2 Å². The van der Waals surface area contributed by atoms with E-state index in [4.69, 9.17) is 9.47 Å². The predicted molar refractivity (Wildman–Crippen MR) is 119 cm³/mol. The molecule has 2 aromatic carbocycles. The monoisotopic (exact) mass is 471 g/mol. The number of nitrogens with zero attached hydrogens (tertiary/aromatic N) is 2. The largest absolute Gasteiger partial charge is 0.454 e. The summed E-state index contributed by atoms with van der Waals surface area (Å²) in [5.41, 5.74) is 2.09. The summed E-state index contributed by atoms with van der Waals surface area (Å²) >= 11 is 0. The third kappa shape index (κ3) is 3.93. The number of hydrogen-bond acceptors (Lipinski definition) is 6. The maximum Gasteiger partial charge on any atom is 0.243 e. The van der Waals surface area contributed by atoms with E-state index in [9.17, 15) is 18.0 Å². The van der Waals surface area contributed by atoms with Gasteiger partial charge in [0.2, 0.25) is 28.6 Å². The highest BCUT2D eigenvalue weighted by molar-refractivity contribution is 7.89. The molecule has 0 saturated carbocycles. The van der Waals surface area contributed by atoms with Crippen molar-refractivity contribution in [1.29, 1.82) is 0 Å². The first-order valence-electron chi connectivity index (χ1n) is 10.9. The maximum absolute atomic E-state index is 13.0. The van der Waals surface area contributed by atoms with Gasteiger partial charge in [0.15, 0.2) is 11.5 Å². The number of nitrogens with one attached hydrogen (secondary N) is 1. The van der Waals surface area contributed by atoms with E-state index < -0.39 is 16.1 Å². The SMILES string of the molecule is CC(=O)N1c2ccc(S(=O)(=O)N3CCCC3)cc2C[C@@H]1C(=O)NCc1ccc2c(c1)OCO2. The number of fused-ring (bicyclic) bond motifs is 2. The molecule has 1 fully saturated rings. The van der Waals surface area contributed by atoms with Gasteiger partial charge in [-0.1, -0.05) is 6.07 Å². The van der Waals surface area contributed by atoms with Gasteiger partial charge in [-0.2, -0.15) is 4.31 Å². The minimum Gasteiger partial charge on any atom is -0.454 e. The number of carbonyl (C=O) groups is 2. The molecule has 2 aromatic rings. The average Bonchev–Trinajstić information content (AvgIpc) is 3.55. The Morgan fingerprint density at radius 3 is 2.58 bits per heavy atom. The van der Waals surface area contributed by atoms with Crippen LogP contribution >= 0.6 is 0 Å². The standard InChI is InChI=1S/C23H25N3O6S/c1-15(27)26-19-6-5-18(33(29,30)25-8-2-3-9-25)11-17(19)12-20(26)23(28)24-13-16-4-7-21-22(10-16)32-14-31-21/h4-7,10-11,20H,2-3,8-9,12-14H2,1H3,(H,24,28)/t20-/m1/s1. The highest BCUT2D eigenvalue weighted by Crippen LogP contribution is 2.36. The van der Waals surface area contributed by atoms with Crippen molar-refractivity contribution in [3.8, 4) is 11.5 Å². The summed E-state index contributed by atoms with van der Waals surface area (Å²) < 4.78 is 38.1. The molecule has 0 spiro atoms. The van der Waals surface area contributed by atoms with Crippen LogP contribution in [-0.4, -0.2) is 50.5 Å². The number of hydrogen-bond donors (Lipinski definition) is 1. The molecular formula is C23H25N3O6S. The summed E-state index contributed by atoms with van der Waals surface area (Å²) in [4.78, 5) is 27.1. The molecule has 3 heterocycles. The van der Waals surface area contributed by atoms with E-state index in [2.05, 4.69) is 5.32 Å². The van der Waals surface area contributed by atoms with Crippen LogP contribution in [0.4, 0.5) is 5.69 Å². The van der Waals surface area contributed by atoms with Gasteiger partial charge in [0.05, 0.1) is 4.90 Å². The molecule has 10 heteroatoms. The smallest absolute Gasteiger partial charge is 0.243 e. The first-order chi connectivity index (χ1) is 15.8. The third-order valence-electron chi connectivity index (χ3n) is 6.28. The van der Waals surface area contributed by atoms with Crippen LogP contribution < -0.4 is 19.7 Å². The highest BCUT2D eigenvalue weighted by Gasteiger charge is 2.38. The lowest BCUT2D eigenvalue weighted by Gasteiger charge is -2.23. The van der Waals surface area contributed by atoms with Crippen LogP contribution in [0.15, 0.2) is 41.3 Å². The summed E-state index contributed by atoms with van der Waals surface area (Å²) in [6.07, 6.45) is 1.97. The topological polar surface area (TPSA) is 105 Å². The summed E-state index contributed by atoms with van der Waals surface area (Å²) in [7, 11) is -3.58. The Labute approximate surface area is 192 Å². The Morgan fingerprint density at radius 2 is 1.82 bits per heavy atom. The van der Waals surface area contributed by atoms with Gasteiger partial charge in [0, 0.05) is 38.7 Å². The zero-order valence-electron chi connectivity index (χ0n) is 18.2. The number of ether oxygens (including phenoxy) is 2.